The van der Waals surface area contributed by atoms with Crippen LogP contribution < -0.4 is 5.32 Å². The Hall–Kier alpha value is -1.92. The van der Waals surface area contributed by atoms with Gasteiger partial charge in [-0.15, -0.1) is 5.10 Å². The Morgan fingerprint density at radius 1 is 1.29 bits per heavy atom. The molecule has 1 amide bonds. The van der Waals surface area contributed by atoms with Gasteiger partial charge in [-0.2, -0.15) is 0 Å². The van der Waals surface area contributed by atoms with E-state index in [4.69, 9.17) is 4.74 Å². The second kappa shape index (κ2) is 7.75. The van der Waals surface area contributed by atoms with Gasteiger partial charge in [-0.05, 0) is 26.2 Å². The maximum atomic E-state index is 11.9. The number of carbonyl (C=O) groups excluding carboxylic acids is 2. The van der Waals surface area contributed by atoms with E-state index in [2.05, 4.69) is 15.6 Å². The van der Waals surface area contributed by atoms with Crippen LogP contribution in [-0.4, -0.2) is 39.5 Å². The third-order valence-electron chi connectivity index (χ3n) is 3.10. The lowest BCUT2D eigenvalue weighted by atomic mass is 10.1. The molecule has 0 spiro atoms. The van der Waals surface area contributed by atoms with E-state index in [0.29, 0.717) is 5.69 Å². The molecule has 0 fully saturated rings. The van der Waals surface area contributed by atoms with Gasteiger partial charge in [0.1, 0.15) is 6.54 Å². The SMILES string of the molecule is CCOC(=O)c1nnn(CC(=O)NC(C)CC)c1C(C)C. The van der Waals surface area contributed by atoms with Crippen molar-refractivity contribution < 1.29 is 14.3 Å². The fraction of sp³-hybridized carbons (Fsp3) is 0.714. The lowest BCUT2D eigenvalue weighted by Crippen LogP contribution is -2.35. The summed E-state index contributed by atoms with van der Waals surface area (Å²) in [5, 5.41) is 10.6. The molecule has 118 valence electrons. The van der Waals surface area contributed by atoms with Crippen molar-refractivity contribution in [3.63, 3.8) is 0 Å². The van der Waals surface area contributed by atoms with Crippen molar-refractivity contribution in [1.82, 2.24) is 20.3 Å². The first-order chi connectivity index (χ1) is 9.90. The Morgan fingerprint density at radius 2 is 1.95 bits per heavy atom. The molecule has 0 saturated heterocycles. The van der Waals surface area contributed by atoms with E-state index in [1.807, 2.05) is 27.7 Å². The van der Waals surface area contributed by atoms with Crippen LogP contribution in [0.5, 0.6) is 0 Å². The minimum atomic E-state index is -0.505. The average Bonchev–Trinajstić information content (AvgIpc) is 2.82. The molecular weight excluding hydrogens is 272 g/mol. The molecule has 21 heavy (non-hydrogen) atoms. The Morgan fingerprint density at radius 3 is 2.48 bits per heavy atom. The first-order valence-corrected chi connectivity index (χ1v) is 7.30. The monoisotopic (exact) mass is 296 g/mol. The Bertz CT molecular complexity index is 496. The molecule has 0 aromatic carbocycles. The summed E-state index contributed by atoms with van der Waals surface area (Å²) in [7, 11) is 0. The van der Waals surface area contributed by atoms with Crippen LogP contribution in [0.15, 0.2) is 0 Å². The molecule has 1 heterocycles. The minimum Gasteiger partial charge on any atom is -0.461 e. The van der Waals surface area contributed by atoms with E-state index >= 15 is 0 Å². The molecule has 7 heteroatoms. The first kappa shape index (κ1) is 17.1. The molecule has 7 nitrogen and oxygen atoms in total. The van der Waals surface area contributed by atoms with Crippen LogP contribution in [0.25, 0.3) is 0 Å². The zero-order chi connectivity index (χ0) is 16.0. The Labute approximate surface area is 125 Å². The standard InChI is InChI=1S/C14H24N4O3/c1-6-10(5)15-11(19)8-18-13(9(3)4)12(16-17-18)14(20)21-7-2/h9-10H,6-8H2,1-5H3,(H,15,19). The zero-order valence-corrected chi connectivity index (χ0v) is 13.3. The summed E-state index contributed by atoms with van der Waals surface area (Å²) < 4.78 is 6.43. The number of ether oxygens (including phenoxy) is 1. The second-order valence-electron chi connectivity index (χ2n) is 5.23. The fourth-order valence-corrected chi connectivity index (χ4v) is 1.91. The van der Waals surface area contributed by atoms with Crippen LogP contribution in [0.3, 0.4) is 0 Å². The normalized spacial score (nSPS) is 12.3. The highest BCUT2D eigenvalue weighted by Crippen LogP contribution is 2.18. The van der Waals surface area contributed by atoms with Crippen LogP contribution in [0.4, 0.5) is 0 Å². The predicted molar refractivity (Wildman–Crippen MR) is 78.0 cm³/mol. The van der Waals surface area contributed by atoms with Gasteiger partial charge in [0, 0.05) is 6.04 Å². The van der Waals surface area contributed by atoms with Crippen molar-refractivity contribution in [3.05, 3.63) is 11.4 Å². The lowest BCUT2D eigenvalue weighted by Gasteiger charge is -2.13. The number of amides is 1. The van der Waals surface area contributed by atoms with E-state index in [-0.39, 0.29) is 36.7 Å². The van der Waals surface area contributed by atoms with Gasteiger partial charge in [0.2, 0.25) is 5.91 Å². The van der Waals surface area contributed by atoms with Crippen LogP contribution in [-0.2, 0) is 16.1 Å². The van der Waals surface area contributed by atoms with Gasteiger partial charge in [-0.3, -0.25) is 4.79 Å². The highest BCUT2D eigenvalue weighted by atomic mass is 16.5. The van der Waals surface area contributed by atoms with Gasteiger partial charge < -0.3 is 10.1 Å². The molecule has 1 rings (SSSR count). The van der Waals surface area contributed by atoms with Gasteiger partial charge in [-0.1, -0.05) is 26.0 Å². The van der Waals surface area contributed by atoms with Gasteiger partial charge in [-0.25, -0.2) is 9.48 Å². The molecular formula is C14H24N4O3. The van der Waals surface area contributed by atoms with E-state index < -0.39 is 5.97 Å². The van der Waals surface area contributed by atoms with E-state index in [0.717, 1.165) is 6.42 Å². The number of rotatable bonds is 7. The molecule has 1 atom stereocenters. The summed E-state index contributed by atoms with van der Waals surface area (Å²) in [6, 6.07) is 0.105. The number of hydrogen-bond donors (Lipinski definition) is 1. The Balaban J connectivity index is 2.93. The van der Waals surface area contributed by atoms with Crippen molar-refractivity contribution in [1.29, 1.82) is 0 Å². The average molecular weight is 296 g/mol. The van der Waals surface area contributed by atoms with Crippen molar-refractivity contribution in [2.24, 2.45) is 0 Å². The Kier molecular flexibility index (Phi) is 6.33. The number of nitrogens with zero attached hydrogens (tertiary/aromatic N) is 3. The number of esters is 1. The van der Waals surface area contributed by atoms with Crippen LogP contribution >= 0.6 is 0 Å². The largest absolute Gasteiger partial charge is 0.461 e. The van der Waals surface area contributed by atoms with Crippen LogP contribution in [0.2, 0.25) is 0 Å². The number of hydrogen-bond acceptors (Lipinski definition) is 5. The molecule has 0 aliphatic rings. The van der Waals surface area contributed by atoms with Crippen molar-refractivity contribution in [3.8, 4) is 0 Å². The van der Waals surface area contributed by atoms with E-state index in [1.165, 1.54) is 4.68 Å². The first-order valence-electron chi connectivity index (χ1n) is 7.30. The van der Waals surface area contributed by atoms with Crippen molar-refractivity contribution in [2.75, 3.05) is 6.61 Å². The molecule has 1 aromatic heterocycles. The molecule has 0 saturated carbocycles. The van der Waals surface area contributed by atoms with Crippen LogP contribution in [0, 0.1) is 0 Å². The summed E-state index contributed by atoms with van der Waals surface area (Å²) >= 11 is 0. The molecule has 1 N–H and O–H groups in total. The summed E-state index contributed by atoms with van der Waals surface area (Å²) in [4.78, 5) is 23.8. The molecule has 0 aliphatic heterocycles. The molecule has 1 unspecified atom stereocenters. The number of nitrogens with one attached hydrogen (secondary N) is 1. The van der Waals surface area contributed by atoms with Crippen LogP contribution in [0.1, 0.15) is 63.1 Å². The van der Waals surface area contributed by atoms with Crippen molar-refractivity contribution >= 4 is 11.9 Å². The second-order valence-corrected chi connectivity index (χ2v) is 5.23. The van der Waals surface area contributed by atoms with Gasteiger partial charge >= 0.3 is 5.97 Å². The highest BCUT2D eigenvalue weighted by molar-refractivity contribution is 5.88. The quantitative estimate of drug-likeness (QED) is 0.770. The topological polar surface area (TPSA) is 86.1 Å². The highest BCUT2D eigenvalue weighted by Gasteiger charge is 2.24. The molecule has 0 radical (unpaired) electrons. The minimum absolute atomic E-state index is 0.0100. The summed E-state index contributed by atoms with van der Waals surface area (Å²) in [5.41, 5.74) is 0.802. The maximum absolute atomic E-state index is 11.9. The summed E-state index contributed by atoms with van der Waals surface area (Å²) in [6.45, 7) is 9.83. The maximum Gasteiger partial charge on any atom is 0.360 e. The predicted octanol–water partition coefficient (Wildman–Crippen LogP) is 1.49. The molecule has 1 aromatic rings. The third-order valence-corrected chi connectivity index (χ3v) is 3.10. The lowest BCUT2D eigenvalue weighted by molar-refractivity contribution is -0.122. The zero-order valence-electron chi connectivity index (χ0n) is 13.3. The van der Waals surface area contributed by atoms with Gasteiger partial charge in [0.05, 0.1) is 12.3 Å². The van der Waals surface area contributed by atoms with E-state index in [9.17, 15) is 9.59 Å². The number of aromatic nitrogens is 3. The summed E-state index contributed by atoms with van der Waals surface area (Å²) in [6.07, 6.45) is 0.855. The van der Waals surface area contributed by atoms with Gasteiger partial charge in [0.25, 0.3) is 0 Å². The number of carbonyl (C=O) groups is 2. The fourth-order valence-electron chi connectivity index (χ4n) is 1.91. The van der Waals surface area contributed by atoms with E-state index in [1.54, 1.807) is 6.92 Å². The smallest absolute Gasteiger partial charge is 0.360 e. The van der Waals surface area contributed by atoms with Gasteiger partial charge in [0.15, 0.2) is 5.69 Å². The third kappa shape index (κ3) is 4.54. The molecule has 0 aliphatic carbocycles. The molecule has 0 bridgehead atoms. The van der Waals surface area contributed by atoms with Crippen molar-refractivity contribution in [2.45, 2.75) is 59.5 Å². The summed E-state index contributed by atoms with van der Waals surface area (Å²) in [5.74, 6) is -0.642.